The number of alkyl halides is 3. The van der Waals surface area contributed by atoms with Crippen LogP contribution in [0.3, 0.4) is 0 Å². The maximum absolute atomic E-state index is 13.4. The van der Waals surface area contributed by atoms with Crippen molar-refractivity contribution >= 4 is 11.9 Å². The minimum absolute atomic E-state index is 0.117. The molecule has 0 atom stereocenters. The molecule has 0 fully saturated rings. The van der Waals surface area contributed by atoms with Crippen molar-refractivity contribution in [3.05, 3.63) is 65.5 Å². The van der Waals surface area contributed by atoms with Crippen molar-refractivity contribution in [2.75, 3.05) is 5.32 Å². The summed E-state index contributed by atoms with van der Waals surface area (Å²) in [5, 5.41) is 9.45. The van der Waals surface area contributed by atoms with Crippen LogP contribution in [-0.4, -0.2) is 16.1 Å². The van der Waals surface area contributed by atoms with Crippen LogP contribution in [0.5, 0.6) is 0 Å². The lowest BCUT2D eigenvalue weighted by molar-refractivity contribution is -0.137. The van der Waals surface area contributed by atoms with Crippen molar-refractivity contribution in [3.8, 4) is 11.5 Å². The molecule has 9 heteroatoms. The molecule has 0 saturated carbocycles. The second kappa shape index (κ2) is 6.34. The zero-order valence-corrected chi connectivity index (χ0v) is 12.3. The van der Waals surface area contributed by atoms with Gasteiger partial charge in [-0.25, -0.2) is 4.39 Å². The van der Waals surface area contributed by atoms with Crippen LogP contribution in [0, 0.1) is 5.82 Å². The highest BCUT2D eigenvalue weighted by Gasteiger charge is 2.32. The maximum Gasteiger partial charge on any atom is 0.416 e. The molecule has 5 nitrogen and oxygen atoms in total. The van der Waals surface area contributed by atoms with Gasteiger partial charge in [-0.3, -0.25) is 10.1 Å². The summed E-state index contributed by atoms with van der Waals surface area (Å²) in [6.45, 7) is 0. The van der Waals surface area contributed by atoms with Crippen molar-refractivity contribution in [2.45, 2.75) is 6.18 Å². The molecule has 1 aromatic heterocycles. The van der Waals surface area contributed by atoms with Gasteiger partial charge in [-0.05, 0) is 30.3 Å². The molecule has 1 N–H and O–H groups in total. The maximum atomic E-state index is 13.4. The quantitative estimate of drug-likeness (QED) is 0.720. The van der Waals surface area contributed by atoms with Crippen molar-refractivity contribution in [2.24, 2.45) is 0 Å². The van der Waals surface area contributed by atoms with Gasteiger partial charge in [0.1, 0.15) is 5.82 Å². The predicted octanol–water partition coefficient (Wildman–Crippen LogP) is 4.15. The van der Waals surface area contributed by atoms with Gasteiger partial charge in [0.2, 0.25) is 5.89 Å². The number of carbonyl (C=O) groups excluding carboxylic acids is 1. The van der Waals surface area contributed by atoms with E-state index in [-0.39, 0.29) is 11.9 Å². The number of hydrogen-bond acceptors (Lipinski definition) is 4. The lowest BCUT2D eigenvalue weighted by Crippen LogP contribution is -2.15. The van der Waals surface area contributed by atoms with E-state index in [1.807, 2.05) is 0 Å². The van der Waals surface area contributed by atoms with Gasteiger partial charge >= 0.3 is 12.2 Å². The van der Waals surface area contributed by atoms with E-state index in [1.54, 1.807) is 30.3 Å². The monoisotopic (exact) mass is 351 g/mol. The Bertz CT molecular complexity index is 907. The SMILES string of the molecule is O=C(Nc1nnc(-c2ccccc2)o1)c1cc(F)cc(C(F)(F)F)c1. The van der Waals surface area contributed by atoms with Crippen LogP contribution in [0.2, 0.25) is 0 Å². The summed E-state index contributed by atoms with van der Waals surface area (Å²) >= 11 is 0. The van der Waals surface area contributed by atoms with E-state index in [0.29, 0.717) is 23.8 Å². The van der Waals surface area contributed by atoms with Crippen LogP contribution in [0.25, 0.3) is 11.5 Å². The highest BCUT2D eigenvalue weighted by atomic mass is 19.4. The Morgan fingerprint density at radius 1 is 1.04 bits per heavy atom. The number of amides is 1. The fourth-order valence-corrected chi connectivity index (χ4v) is 2.02. The van der Waals surface area contributed by atoms with Crippen LogP contribution in [-0.2, 0) is 6.18 Å². The molecule has 25 heavy (non-hydrogen) atoms. The standard InChI is InChI=1S/C16H9F4N3O2/c17-12-7-10(6-11(8-12)16(18,19)20)13(24)21-15-23-22-14(25-15)9-4-2-1-3-5-9/h1-8H,(H,21,23,24). The van der Waals surface area contributed by atoms with Gasteiger partial charge in [0.05, 0.1) is 5.56 Å². The molecule has 0 aliphatic rings. The van der Waals surface area contributed by atoms with Gasteiger partial charge < -0.3 is 4.42 Å². The lowest BCUT2D eigenvalue weighted by Gasteiger charge is -2.08. The Labute approximate surface area is 138 Å². The van der Waals surface area contributed by atoms with Crippen molar-refractivity contribution in [3.63, 3.8) is 0 Å². The molecule has 3 rings (SSSR count). The average Bonchev–Trinajstić information content (AvgIpc) is 3.03. The van der Waals surface area contributed by atoms with E-state index in [0.717, 1.165) is 0 Å². The summed E-state index contributed by atoms with van der Waals surface area (Å²) in [5.74, 6) is -2.07. The molecular formula is C16H9F4N3O2. The van der Waals surface area contributed by atoms with E-state index in [4.69, 9.17) is 4.42 Å². The molecule has 0 bridgehead atoms. The van der Waals surface area contributed by atoms with Crippen molar-refractivity contribution in [1.29, 1.82) is 0 Å². The first-order chi connectivity index (χ1) is 11.8. The third kappa shape index (κ3) is 3.82. The minimum Gasteiger partial charge on any atom is -0.403 e. The number of nitrogens with one attached hydrogen (secondary N) is 1. The number of hydrogen-bond donors (Lipinski definition) is 1. The van der Waals surface area contributed by atoms with Gasteiger partial charge in [0, 0.05) is 11.1 Å². The third-order valence-corrected chi connectivity index (χ3v) is 3.15. The Balaban J connectivity index is 1.82. The average molecular weight is 351 g/mol. The molecule has 0 aliphatic carbocycles. The predicted molar refractivity (Wildman–Crippen MR) is 79.1 cm³/mol. The molecule has 0 saturated heterocycles. The molecule has 1 amide bonds. The van der Waals surface area contributed by atoms with Crippen molar-refractivity contribution < 1.29 is 26.8 Å². The second-order valence-electron chi connectivity index (χ2n) is 4.96. The minimum atomic E-state index is -4.78. The molecule has 3 aromatic rings. The van der Waals surface area contributed by atoms with E-state index in [9.17, 15) is 22.4 Å². The molecular weight excluding hydrogens is 342 g/mol. The van der Waals surface area contributed by atoms with E-state index in [2.05, 4.69) is 15.5 Å². The highest BCUT2D eigenvalue weighted by molar-refractivity contribution is 6.03. The van der Waals surface area contributed by atoms with Gasteiger partial charge in [-0.15, -0.1) is 5.10 Å². The molecule has 128 valence electrons. The number of aromatic nitrogens is 2. The Kier molecular flexibility index (Phi) is 4.22. The van der Waals surface area contributed by atoms with Gasteiger partial charge in [0.15, 0.2) is 0 Å². The summed E-state index contributed by atoms with van der Waals surface area (Å²) in [6, 6.07) is 9.85. The summed E-state index contributed by atoms with van der Waals surface area (Å²) < 4.78 is 56.6. The van der Waals surface area contributed by atoms with E-state index in [1.165, 1.54) is 0 Å². The zero-order chi connectivity index (χ0) is 18.0. The van der Waals surface area contributed by atoms with Crippen LogP contribution in [0.1, 0.15) is 15.9 Å². The number of rotatable bonds is 3. The first-order valence-corrected chi connectivity index (χ1v) is 6.91. The molecule has 0 unspecified atom stereocenters. The summed E-state index contributed by atoms with van der Waals surface area (Å²) in [7, 11) is 0. The van der Waals surface area contributed by atoms with E-state index >= 15 is 0 Å². The van der Waals surface area contributed by atoms with Crippen LogP contribution < -0.4 is 5.32 Å². The van der Waals surface area contributed by atoms with Gasteiger partial charge in [0.25, 0.3) is 5.91 Å². The number of benzene rings is 2. The van der Waals surface area contributed by atoms with Crippen LogP contribution in [0.15, 0.2) is 52.9 Å². The Morgan fingerprint density at radius 2 is 1.76 bits per heavy atom. The zero-order valence-electron chi connectivity index (χ0n) is 12.3. The normalized spacial score (nSPS) is 11.4. The second-order valence-corrected chi connectivity index (χ2v) is 4.96. The molecule has 2 aromatic carbocycles. The molecule has 0 aliphatic heterocycles. The molecule has 1 heterocycles. The van der Waals surface area contributed by atoms with Crippen LogP contribution >= 0.6 is 0 Å². The summed E-state index contributed by atoms with van der Waals surface area (Å²) in [4.78, 5) is 12.0. The highest BCUT2D eigenvalue weighted by Crippen LogP contribution is 2.30. The largest absolute Gasteiger partial charge is 0.416 e. The third-order valence-electron chi connectivity index (χ3n) is 3.15. The first kappa shape index (κ1) is 16.6. The Hall–Kier alpha value is -3.23. The van der Waals surface area contributed by atoms with Crippen molar-refractivity contribution in [1.82, 2.24) is 10.2 Å². The number of nitrogens with zero attached hydrogens (tertiary/aromatic N) is 2. The Morgan fingerprint density at radius 3 is 2.44 bits per heavy atom. The number of carbonyl (C=O) groups is 1. The summed E-state index contributed by atoms with van der Waals surface area (Å²) in [6.07, 6.45) is -4.78. The van der Waals surface area contributed by atoms with Gasteiger partial charge in [-0.2, -0.15) is 13.2 Å². The lowest BCUT2D eigenvalue weighted by atomic mass is 10.1. The fraction of sp³-hybridized carbons (Fsp3) is 0.0625. The van der Waals surface area contributed by atoms with Gasteiger partial charge in [-0.1, -0.05) is 23.3 Å². The van der Waals surface area contributed by atoms with E-state index < -0.39 is 29.0 Å². The number of anilines is 1. The summed E-state index contributed by atoms with van der Waals surface area (Å²) in [5.41, 5.74) is -1.19. The molecule has 0 radical (unpaired) electrons. The van der Waals surface area contributed by atoms with Crippen LogP contribution in [0.4, 0.5) is 23.6 Å². The molecule has 0 spiro atoms. The smallest absolute Gasteiger partial charge is 0.403 e. The first-order valence-electron chi connectivity index (χ1n) is 6.91. The fourth-order valence-electron chi connectivity index (χ4n) is 2.02. The topological polar surface area (TPSA) is 68.0 Å². The number of halogens is 4.